The Balaban J connectivity index is 2.13. The maximum absolute atomic E-state index is 10.3. The molecule has 0 aliphatic carbocycles. The van der Waals surface area contributed by atoms with E-state index in [1.807, 2.05) is 16.8 Å². The first-order valence-electron chi connectivity index (χ1n) is 5.61. The Bertz CT molecular complexity index is 484. The quantitative estimate of drug-likeness (QED) is 0.885. The van der Waals surface area contributed by atoms with E-state index in [2.05, 4.69) is 21.0 Å². The summed E-state index contributed by atoms with van der Waals surface area (Å²) in [5.74, 6) is 0. The lowest BCUT2D eigenvalue weighted by molar-refractivity contribution is 0.152. The maximum atomic E-state index is 10.3. The van der Waals surface area contributed by atoms with Gasteiger partial charge in [0.15, 0.2) is 0 Å². The first-order chi connectivity index (χ1) is 8.72. The highest BCUT2D eigenvalue weighted by atomic mass is 79.9. The summed E-state index contributed by atoms with van der Waals surface area (Å²) >= 11 is 5.07. The van der Waals surface area contributed by atoms with Crippen LogP contribution in [0.2, 0.25) is 0 Å². The van der Waals surface area contributed by atoms with E-state index in [4.69, 9.17) is 4.74 Å². The van der Waals surface area contributed by atoms with Gasteiger partial charge in [0.25, 0.3) is 0 Å². The van der Waals surface area contributed by atoms with Crippen LogP contribution in [0.5, 0.6) is 0 Å². The van der Waals surface area contributed by atoms with Crippen LogP contribution in [0.4, 0.5) is 0 Å². The predicted molar refractivity (Wildman–Crippen MR) is 74.8 cm³/mol. The second kappa shape index (κ2) is 6.47. The molecule has 4 nitrogen and oxygen atoms in total. The summed E-state index contributed by atoms with van der Waals surface area (Å²) in [4.78, 5) is 0. The molecule has 18 heavy (non-hydrogen) atoms. The van der Waals surface area contributed by atoms with Crippen molar-refractivity contribution in [1.29, 1.82) is 0 Å². The van der Waals surface area contributed by atoms with Crippen molar-refractivity contribution in [3.05, 3.63) is 38.8 Å². The van der Waals surface area contributed by atoms with Gasteiger partial charge in [-0.1, -0.05) is 0 Å². The molecule has 0 spiro atoms. The molecule has 2 rings (SSSR count). The number of halogens is 1. The van der Waals surface area contributed by atoms with E-state index in [0.717, 1.165) is 15.7 Å². The average Bonchev–Trinajstić information content (AvgIpc) is 2.96. The third-order valence-corrected chi connectivity index (χ3v) is 4.01. The molecular weight excluding hydrogens is 316 g/mol. The normalized spacial score (nSPS) is 12.8. The van der Waals surface area contributed by atoms with Gasteiger partial charge in [-0.25, -0.2) is 0 Å². The smallest absolute Gasteiger partial charge is 0.101 e. The van der Waals surface area contributed by atoms with E-state index < -0.39 is 6.10 Å². The predicted octanol–water partition coefficient (Wildman–Crippen LogP) is 2.63. The minimum absolute atomic E-state index is 0.562. The Kier molecular flexibility index (Phi) is 4.94. The summed E-state index contributed by atoms with van der Waals surface area (Å²) in [6.07, 6.45) is 1.75. The fraction of sp³-hybridized carbons (Fsp3) is 0.417. The van der Waals surface area contributed by atoms with E-state index in [1.165, 1.54) is 0 Å². The number of aliphatic hydroxyl groups is 1. The zero-order valence-electron chi connectivity index (χ0n) is 10.0. The molecule has 1 unspecified atom stereocenters. The van der Waals surface area contributed by atoms with Crippen LogP contribution >= 0.6 is 27.3 Å². The number of aliphatic hydroxyl groups excluding tert-OH is 1. The minimum Gasteiger partial charge on any atom is -0.386 e. The molecule has 0 bridgehead atoms. The van der Waals surface area contributed by atoms with Crippen LogP contribution in [0, 0.1) is 0 Å². The van der Waals surface area contributed by atoms with Crippen LogP contribution in [0.3, 0.4) is 0 Å². The largest absolute Gasteiger partial charge is 0.386 e. The Morgan fingerprint density at radius 1 is 1.61 bits per heavy atom. The summed E-state index contributed by atoms with van der Waals surface area (Å²) in [6.45, 7) is 1.21. The molecule has 0 amide bonds. The van der Waals surface area contributed by atoms with E-state index >= 15 is 0 Å². The van der Waals surface area contributed by atoms with Gasteiger partial charge < -0.3 is 9.84 Å². The van der Waals surface area contributed by atoms with Gasteiger partial charge in [-0.05, 0) is 38.3 Å². The topological polar surface area (TPSA) is 47.3 Å². The molecule has 2 aromatic rings. The summed E-state index contributed by atoms with van der Waals surface area (Å²) < 4.78 is 7.66. The third kappa shape index (κ3) is 3.20. The van der Waals surface area contributed by atoms with Crippen LogP contribution in [0.15, 0.2) is 27.5 Å². The van der Waals surface area contributed by atoms with Crippen LogP contribution in [0.1, 0.15) is 17.4 Å². The number of hydrogen-bond acceptors (Lipinski definition) is 4. The van der Waals surface area contributed by atoms with Crippen molar-refractivity contribution < 1.29 is 9.84 Å². The van der Waals surface area contributed by atoms with Gasteiger partial charge in [-0.15, -0.1) is 0 Å². The van der Waals surface area contributed by atoms with Crippen molar-refractivity contribution in [3.63, 3.8) is 0 Å². The summed E-state index contributed by atoms with van der Waals surface area (Å²) in [5.41, 5.74) is 1.94. The van der Waals surface area contributed by atoms with E-state index in [0.29, 0.717) is 19.6 Å². The Hall–Kier alpha value is -0.690. The van der Waals surface area contributed by atoms with Gasteiger partial charge in [0.2, 0.25) is 0 Å². The number of methoxy groups -OCH3 is 1. The SMILES string of the molecule is COCCn1ncc(Br)c1C(O)Cc1ccsc1. The van der Waals surface area contributed by atoms with Gasteiger partial charge in [-0.3, -0.25) is 4.68 Å². The van der Waals surface area contributed by atoms with Gasteiger partial charge in [0, 0.05) is 13.5 Å². The molecule has 0 aliphatic rings. The van der Waals surface area contributed by atoms with Crippen LogP contribution in [-0.4, -0.2) is 28.6 Å². The maximum Gasteiger partial charge on any atom is 0.101 e. The van der Waals surface area contributed by atoms with Gasteiger partial charge in [0.05, 0.1) is 29.5 Å². The van der Waals surface area contributed by atoms with Crippen molar-refractivity contribution >= 4 is 27.3 Å². The fourth-order valence-corrected chi connectivity index (χ4v) is 3.03. The zero-order chi connectivity index (χ0) is 13.0. The van der Waals surface area contributed by atoms with Crippen LogP contribution in [0.25, 0.3) is 0 Å². The number of thiophene rings is 1. The Labute approximate surface area is 118 Å². The molecule has 0 saturated carbocycles. The Morgan fingerprint density at radius 3 is 3.11 bits per heavy atom. The molecule has 0 aliphatic heterocycles. The molecule has 6 heteroatoms. The van der Waals surface area contributed by atoms with Crippen LogP contribution in [-0.2, 0) is 17.7 Å². The van der Waals surface area contributed by atoms with Crippen molar-refractivity contribution in [3.8, 4) is 0 Å². The van der Waals surface area contributed by atoms with E-state index in [1.54, 1.807) is 29.3 Å². The lowest BCUT2D eigenvalue weighted by atomic mass is 10.1. The van der Waals surface area contributed by atoms with E-state index in [9.17, 15) is 5.11 Å². The molecule has 1 N–H and O–H groups in total. The minimum atomic E-state index is -0.562. The summed E-state index contributed by atoms with van der Waals surface area (Å²) in [6, 6.07) is 2.03. The molecule has 0 radical (unpaired) electrons. The monoisotopic (exact) mass is 330 g/mol. The molecule has 0 fully saturated rings. The lowest BCUT2D eigenvalue weighted by Gasteiger charge is -2.13. The molecular formula is C12H15BrN2O2S. The second-order valence-corrected chi connectivity index (χ2v) is 5.58. The first-order valence-corrected chi connectivity index (χ1v) is 7.35. The van der Waals surface area contributed by atoms with Crippen molar-refractivity contribution in [2.75, 3.05) is 13.7 Å². The first kappa shape index (κ1) is 13.7. The van der Waals surface area contributed by atoms with Crippen molar-refractivity contribution in [2.24, 2.45) is 0 Å². The standard InChI is InChI=1S/C12H15BrN2O2S/c1-17-4-3-15-12(10(13)7-14-15)11(16)6-9-2-5-18-8-9/h2,5,7-8,11,16H,3-4,6H2,1H3. The fourth-order valence-electron chi connectivity index (χ4n) is 1.79. The molecule has 0 aromatic carbocycles. The van der Waals surface area contributed by atoms with Crippen LogP contribution < -0.4 is 0 Å². The average molecular weight is 331 g/mol. The molecule has 0 saturated heterocycles. The highest BCUT2D eigenvalue weighted by Gasteiger charge is 2.18. The summed E-state index contributed by atoms with van der Waals surface area (Å²) in [7, 11) is 1.65. The van der Waals surface area contributed by atoms with Crippen molar-refractivity contribution in [1.82, 2.24) is 9.78 Å². The van der Waals surface area contributed by atoms with Gasteiger partial charge in [0.1, 0.15) is 6.10 Å². The molecule has 1 atom stereocenters. The number of rotatable bonds is 6. The highest BCUT2D eigenvalue weighted by molar-refractivity contribution is 9.10. The third-order valence-electron chi connectivity index (χ3n) is 2.67. The summed E-state index contributed by atoms with van der Waals surface area (Å²) in [5, 5.41) is 18.6. The Morgan fingerprint density at radius 2 is 2.44 bits per heavy atom. The highest BCUT2D eigenvalue weighted by Crippen LogP contribution is 2.26. The number of ether oxygens (including phenoxy) is 1. The van der Waals surface area contributed by atoms with E-state index in [-0.39, 0.29) is 0 Å². The zero-order valence-corrected chi connectivity index (χ0v) is 12.4. The van der Waals surface area contributed by atoms with Crippen molar-refractivity contribution in [2.45, 2.75) is 19.1 Å². The number of nitrogens with zero attached hydrogens (tertiary/aromatic N) is 2. The molecule has 2 aromatic heterocycles. The lowest BCUT2D eigenvalue weighted by Crippen LogP contribution is -2.14. The number of hydrogen-bond donors (Lipinski definition) is 1. The van der Waals surface area contributed by atoms with Gasteiger partial charge >= 0.3 is 0 Å². The second-order valence-electron chi connectivity index (χ2n) is 3.95. The van der Waals surface area contributed by atoms with Gasteiger partial charge in [-0.2, -0.15) is 16.4 Å². The number of aromatic nitrogens is 2. The molecule has 98 valence electrons. The molecule has 2 heterocycles.